The molecule has 0 spiro atoms. The number of hydrogen-bond acceptors (Lipinski definition) is 4. The van der Waals surface area contributed by atoms with Crippen LogP contribution in [0.3, 0.4) is 0 Å². The van der Waals surface area contributed by atoms with E-state index < -0.39 is 6.04 Å². The minimum absolute atomic E-state index is 0.160. The van der Waals surface area contributed by atoms with Gasteiger partial charge in [0.05, 0.1) is 18.9 Å². The average molecular weight is 296 g/mol. The zero-order valence-corrected chi connectivity index (χ0v) is 12.3. The third kappa shape index (κ3) is 4.98. The van der Waals surface area contributed by atoms with Crippen LogP contribution < -0.4 is 15.4 Å². The number of methoxy groups -OCH3 is 1. The second-order valence-electron chi connectivity index (χ2n) is 4.18. The number of nitrogens with one attached hydrogen (secondary N) is 2. The van der Waals surface area contributed by atoms with Gasteiger partial charge in [0.15, 0.2) is 0 Å². The van der Waals surface area contributed by atoms with Crippen LogP contribution in [-0.2, 0) is 4.79 Å². The van der Waals surface area contributed by atoms with Gasteiger partial charge in [-0.3, -0.25) is 4.79 Å². The summed E-state index contributed by atoms with van der Waals surface area (Å²) in [6.45, 7) is 2.29. The molecule has 0 heterocycles. The summed E-state index contributed by atoms with van der Waals surface area (Å²) in [6.07, 6.45) is 0.867. The molecule has 0 aliphatic rings. The fraction of sp³-hybridized carbons (Fsp3) is 0.429. The molecular formula is C14H18ClN3O2. The number of hydrogen-bond donors (Lipinski definition) is 2. The molecule has 0 saturated carbocycles. The zero-order chi connectivity index (χ0) is 15.0. The molecule has 1 amide bonds. The fourth-order valence-corrected chi connectivity index (χ4v) is 1.79. The van der Waals surface area contributed by atoms with Crippen molar-refractivity contribution in [1.29, 1.82) is 5.26 Å². The highest BCUT2D eigenvalue weighted by Gasteiger charge is 2.09. The first-order valence-electron chi connectivity index (χ1n) is 6.37. The summed E-state index contributed by atoms with van der Waals surface area (Å²) in [6, 6.07) is 6.83. The largest absolute Gasteiger partial charge is 0.495 e. The van der Waals surface area contributed by atoms with Crippen LogP contribution >= 0.6 is 11.6 Å². The number of ether oxygens (including phenoxy) is 1. The highest BCUT2D eigenvalue weighted by molar-refractivity contribution is 6.30. The number of benzene rings is 1. The third-order valence-corrected chi connectivity index (χ3v) is 2.96. The SMILES string of the molecule is CC[C@H](C#N)NC(=O)CCNc1cc(Cl)ccc1OC. The monoisotopic (exact) mass is 295 g/mol. The van der Waals surface area contributed by atoms with Crippen LogP contribution in [-0.4, -0.2) is 25.6 Å². The molecule has 0 aliphatic carbocycles. The average Bonchev–Trinajstić information content (AvgIpc) is 2.45. The van der Waals surface area contributed by atoms with Crippen LogP contribution in [0, 0.1) is 11.3 Å². The molecular weight excluding hydrogens is 278 g/mol. The smallest absolute Gasteiger partial charge is 0.222 e. The highest BCUT2D eigenvalue weighted by Crippen LogP contribution is 2.27. The Kier molecular flexibility index (Phi) is 6.68. The number of carbonyl (C=O) groups is 1. The van der Waals surface area contributed by atoms with E-state index in [1.54, 1.807) is 25.3 Å². The van der Waals surface area contributed by atoms with Gasteiger partial charge in [0, 0.05) is 18.0 Å². The van der Waals surface area contributed by atoms with Crippen LogP contribution in [0.25, 0.3) is 0 Å². The van der Waals surface area contributed by atoms with Gasteiger partial charge in [0.1, 0.15) is 11.8 Å². The summed E-state index contributed by atoms with van der Waals surface area (Å²) < 4.78 is 5.19. The van der Waals surface area contributed by atoms with E-state index >= 15 is 0 Å². The van der Waals surface area contributed by atoms with Gasteiger partial charge in [-0.05, 0) is 24.6 Å². The Balaban J connectivity index is 2.47. The van der Waals surface area contributed by atoms with Crippen LogP contribution in [0.1, 0.15) is 19.8 Å². The summed E-state index contributed by atoms with van der Waals surface area (Å²) in [5.74, 6) is 0.505. The normalized spacial score (nSPS) is 11.3. The number of nitrogens with zero attached hydrogens (tertiary/aromatic N) is 1. The van der Waals surface area contributed by atoms with Crippen molar-refractivity contribution in [1.82, 2.24) is 5.32 Å². The molecule has 108 valence electrons. The van der Waals surface area contributed by atoms with Crippen molar-refractivity contribution in [3.8, 4) is 11.8 Å². The van der Waals surface area contributed by atoms with Crippen molar-refractivity contribution in [3.05, 3.63) is 23.2 Å². The molecule has 0 bridgehead atoms. The van der Waals surface area contributed by atoms with Crippen LogP contribution in [0.2, 0.25) is 5.02 Å². The van der Waals surface area contributed by atoms with Crippen molar-refractivity contribution in [2.45, 2.75) is 25.8 Å². The number of rotatable bonds is 7. The van der Waals surface area contributed by atoms with Gasteiger partial charge in [-0.1, -0.05) is 18.5 Å². The predicted octanol–water partition coefficient (Wildman–Crippen LogP) is 2.57. The van der Waals surface area contributed by atoms with Gasteiger partial charge >= 0.3 is 0 Å². The summed E-state index contributed by atoms with van der Waals surface area (Å²) in [7, 11) is 1.57. The van der Waals surface area contributed by atoms with E-state index in [0.29, 0.717) is 23.7 Å². The fourth-order valence-electron chi connectivity index (χ4n) is 1.62. The van der Waals surface area contributed by atoms with Crippen molar-refractivity contribution in [2.24, 2.45) is 0 Å². The molecule has 0 aliphatic heterocycles. The van der Waals surface area contributed by atoms with Gasteiger partial charge in [0.2, 0.25) is 5.91 Å². The van der Waals surface area contributed by atoms with Gasteiger partial charge in [0.25, 0.3) is 0 Å². The second kappa shape index (κ2) is 8.28. The summed E-state index contributed by atoms with van der Waals surface area (Å²) in [5, 5.41) is 15.1. The third-order valence-electron chi connectivity index (χ3n) is 2.73. The second-order valence-corrected chi connectivity index (χ2v) is 4.62. The minimum atomic E-state index is -0.428. The Morgan fingerprint density at radius 3 is 2.90 bits per heavy atom. The van der Waals surface area contributed by atoms with Gasteiger partial charge in [-0.2, -0.15) is 5.26 Å². The zero-order valence-electron chi connectivity index (χ0n) is 11.6. The lowest BCUT2D eigenvalue weighted by molar-refractivity contribution is -0.121. The van der Waals surface area contributed by atoms with Gasteiger partial charge < -0.3 is 15.4 Å². The molecule has 0 aromatic heterocycles. The molecule has 1 aromatic carbocycles. The van der Waals surface area contributed by atoms with E-state index in [4.69, 9.17) is 21.6 Å². The Labute approximate surface area is 123 Å². The standard InChI is InChI=1S/C14H18ClN3O2/c1-3-11(9-16)18-14(19)6-7-17-12-8-10(15)4-5-13(12)20-2/h4-5,8,11,17H,3,6-7H2,1-2H3,(H,18,19)/t11-/m1/s1. The van der Waals surface area contributed by atoms with Crippen molar-refractivity contribution < 1.29 is 9.53 Å². The highest BCUT2D eigenvalue weighted by atomic mass is 35.5. The van der Waals surface area contributed by atoms with Gasteiger partial charge in [-0.25, -0.2) is 0 Å². The Bertz CT molecular complexity index is 500. The molecule has 1 rings (SSSR count). The van der Waals surface area contributed by atoms with Crippen molar-refractivity contribution in [2.75, 3.05) is 19.0 Å². The maximum absolute atomic E-state index is 11.6. The molecule has 0 unspecified atom stereocenters. The van der Waals surface area contributed by atoms with E-state index in [1.165, 1.54) is 0 Å². The molecule has 0 saturated heterocycles. The molecule has 1 aromatic rings. The lowest BCUT2D eigenvalue weighted by Crippen LogP contribution is -2.34. The number of amides is 1. The van der Waals surface area contributed by atoms with Crippen molar-refractivity contribution in [3.63, 3.8) is 0 Å². The Morgan fingerprint density at radius 2 is 2.30 bits per heavy atom. The lowest BCUT2D eigenvalue weighted by Gasteiger charge is -2.12. The van der Waals surface area contributed by atoms with E-state index in [1.807, 2.05) is 13.0 Å². The first-order chi connectivity index (χ1) is 9.60. The summed E-state index contributed by atoms with van der Waals surface area (Å²) in [5.41, 5.74) is 0.736. The number of anilines is 1. The topological polar surface area (TPSA) is 74.2 Å². The van der Waals surface area contributed by atoms with Gasteiger partial charge in [-0.15, -0.1) is 0 Å². The van der Waals surface area contributed by atoms with E-state index in [0.717, 1.165) is 5.69 Å². The van der Waals surface area contributed by atoms with Crippen LogP contribution in [0.15, 0.2) is 18.2 Å². The Morgan fingerprint density at radius 1 is 1.55 bits per heavy atom. The molecule has 5 nitrogen and oxygen atoms in total. The van der Waals surface area contributed by atoms with Crippen LogP contribution in [0.4, 0.5) is 5.69 Å². The molecule has 20 heavy (non-hydrogen) atoms. The molecule has 2 N–H and O–H groups in total. The first-order valence-corrected chi connectivity index (χ1v) is 6.74. The molecule has 1 atom stereocenters. The quantitative estimate of drug-likeness (QED) is 0.811. The molecule has 0 radical (unpaired) electrons. The number of nitriles is 1. The number of halogens is 1. The molecule has 0 fully saturated rings. The van der Waals surface area contributed by atoms with E-state index in [-0.39, 0.29) is 12.3 Å². The van der Waals surface area contributed by atoms with E-state index in [2.05, 4.69) is 10.6 Å². The minimum Gasteiger partial charge on any atom is -0.495 e. The van der Waals surface area contributed by atoms with Crippen molar-refractivity contribution >= 4 is 23.2 Å². The maximum atomic E-state index is 11.6. The Hall–Kier alpha value is -1.93. The maximum Gasteiger partial charge on any atom is 0.222 e. The predicted molar refractivity (Wildman–Crippen MR) is 78.9 cm³/mol. The number of carbonyl (C=O) groups excluding carboxylic acids is 1. The lowest BCUT2D eigenvalue weighted by atomic mass is 10.2. The molecule has 6 heteroatoms. The summed E-state index contributed by atoms with van der Waals surface area (Å²) in [4.78, 5) is 11.6. The van der Waals surface area contributed by atoms with E-state index in [9.17, 15) is 4.79 Å². The summed E-state index contributed by atoms with van der Waals surface area (Å²) >= 11 is 5.91. The van der Waals surface area contributed by atoms with Crippen LogP contribution in [0.5, 0.6) is 5.75 Å². The first kappa shape index (κ1) is 16.1.